The molecular weight excluding hydrogens is 171 g/mol. The summed E-state index contributed by atoms with van der Waals surface area (Å²) in [4.78, 5) is 26.6. The lowest BCUT2D eigenvalue weighted by atomic mass is 10.7. The van der Waals surface area contributed by atoms with Crippen LogP contribution in [0.4, 0.5) is 4.79 Å². The van der Waals surface area contributed by atoms with Crippen molar-refractivity contribution in [1.29, 1.82) is 0 Å². The first-order valence-corrected chi connectivity index (χ1v) is 4.47. The summed E-state index contributed by atoms with van der Waals surface area (Å²) in [6.45, 7) is 0. The van der Waals surface area contributed by atoms with Gasteiger partial charge < -0.3 is 20.8 Å². The molecule has 11 heavy (non-hydrogen) atoms. The predicted octanol–water partition coefficient (Wildman–Crippen LogP) is -0.654. The van der Waals surface area contributed by atoms with E-state index in [-0.39, 0.29) is 0 Å². The van der Waals surface area contributed by atoms with Crippen molar-refractivity contribution in [2.45, 2.75) is 0 Å². The molecule has 0 radical (unpaired) electrons. The number of primary amides is 1. The first kappa shape index (κ1) is 10.2. The van der Waals surface area contributed by atoms with Crippen LogP contribution in [0.1, 0.15) is 0 Å². The largest absolute Gasteiger partial charge is 0.351 e. The van der Waals surface area contributed by atoms with Gasteiger partial charge in [0.2, 0.25) is 0 Å². The van der Waals surface area contributed by atoms with Gasteiger partial charge in [-0.2, -0.15) is 0 Å². The second kappa shape index (κ2) is 4.12. The van der Waals surface area contributed by atoms with Gasteiger partial charge in [-0.15, -0.1) is 0 Å². The number of carbonyl (C=O) groups excluding carboxylic acids is 1. The van der Waals surface area contributed by atoms with E-state index < -0.39 is 19.8 Å². The van der Waals surface area contributed by atoms with Crippen LogP contribution in [0.2, 0.25) is 0 Å². The van der Waals surface area contributed by atoms with Gasteiger partial charge in [-0.25, -0.2) is 4.79 Å². The molecule has 0 aliphatic rings. The normalized spacial score (nSPS) is 11.8. The maximum Gasteiger partial charge on any atom is 0.329 e. The van der Waals surface area contributed by atoms with Gasteiger partial charge in [0.05, 0.1) is 6.16 Å². The molecule has 64 valence electrons. The quantitative estimate of drug-likeness (QED) is 0.432. The zero-order valence-corrected chi connectivity index (χ0v) is 6.49. The van der Waals surface area contributed by atoms with Crippen LogP contribution >= 0.6 is 7.60 Å². The van der Waals surface area contributed by atoms with E-state index in [9.17, 15) is 9.36 Å². The van der Waals surface area contributed by atoms with Gasteiger partial charge in [-0.3, -0.25) is 4.57 Å². The molecule has 0 fully saturated rings. The molecule has 0 saturated heterocycles. The van der Waals surface area contributed by atoms with Crippen LogP contribution in [0.15, 0.2) is 12.3 Å². The molecular formula is C4H9N2O4P. The Bertz CT molecular complexity index is 208. The number of nitrogens with one attached hydrogen (secondary N) is 1. The lowest BCUT2D eigenvalue weighted by Gasteiger charge is -1.96. The van der Waals surface area contributed by atoms with Crippen LogP contribution in [0.25, 0.3) is 0 Å². The lowest BCUT2D eigenvalue weighted by Crippen LogP contribution is -2.24. The van der Waals surface area contributed by atoms with E-state index in [1.54, 1.807) is 0 Å². The highest BCUT2D eigenvalue weighted by Gasteiger charge is 2.08. The number of carbonyl (C=O) groups is 1. The van der Waals surface area contributed by atoms with E-state index in [1.165, 1.54) is 0 Å². The number of urea groups is 1. The van der Waals surface area contributed by atoms with E-state index in [0.29, 0.717) is 0 Å². The van der Waals surface area contributed by atoms with Crippen LogP contribution in [-0.2, 0) is 4.57 Å². The van der Waals surface area contributed by atoms with Crippen molar-refractivity contribution in [1.82, 2.24) is 5.32 Å². The molecule has 0 spiro atoms. The van der Waals surface area contributed by atoms with Crippen molar-refractivity contribution in [3.8, 4) is 0 Å². The average molecular weight is 180 g/mol. The minimum absolute atomic E-state index is 0.409. The van der Waals surface area contributed by atoms with E-state index in [4.69, 9.17) is 9.79 Å². The molecule has 0 aromatic heterocycles. The van der Waals surface area contributed by atoms with Gasteiger partial charge >= 0.3 is 13.6 Å². The van der Waals surface area contributed by atoms with Crippen molar-refractivity contribution >= 4 is 13.6 Å². The predicted molar refractivity (Wildman–Crippen MR) is 38.8 cm³/mol. The summed E-state index contributed by atoms with van der Waals surface area (Å²) in [5.74, 6) is 0. The molecule has 0 aromatic rings. The fourth-order valence-corrected chi connectivity index (χ4v) is 0.711. The fourth-order valence-electron chi connectivity index (χ4n) is 0.331. The standard InChI is InChI=1S/C4H9N2O4P/c5-4(7)6-2-1-3-11(8,9)10/h1-2H,3H2,(H3,5,6,7)(H2,8,9,10). The number of amides is 2. The third kappa shape index (κ3) is 9.16. The Morgan fingerprint density at radius 2 is 2.18 bits per heavy atom. The minimum Gasteiger partial charge on any atom is -0.351 e. The maximum atomic E-state index is 10.2. The Balaban J connectivity index is 3.62. The van der Waals surface area contributed by atoms with E-state index in [0.717, 1.165) is 12.3 Å². The molecule has 0 aromatic carbocycles. The van der Waals surface area contributed by atoms with Crippen molar-refractivity contribution in [2.24, 2.45) is 5.73 Å². The molecule has 0 heterocycles. The molecule has 5 N–H and O–H groups in total. The highest BCUT2D eigenvalue weighted by molar-refractivity contribution is 7.51. The SMILES string of the molecule is NC(=O)NC=CCP(=O)(O)O. The van der Waals surface area contributed by atoms with Crippen LogP contribution in [0.5, 0.6) is 0 Å². The first-order valence-electron chi connectivity index (χ1n) is 2.67. The van der Waals surface area contributed by atoms with E-state index in [1.807, 2.05) is 5.32 Å². The number of rotatable bonds is 3. The topological polar surface area (TPSA) is 113 Å². The van der Waals surface area contributed by atoms with Crippen molar-refractivity contribution < 1.29 is 19.1 Å². The van der Waals surface area contributed by atoms with Gasteiger partial charge in [-0.1, -0.05) is 6.08 Å². The molecule has 6 nitrogen and oxygen atoms in total. The highest BCUT2D eigenvalue weighted by Crippen LogP contribution is 2.33. The number of hydrogen-bond acceptors (Lipinski definition) is 2. The third-order valence-electron chi connectivity index (χ3n) is 0.687. The van der Waals surface area contributed by atoms with Crippen LogP contribution in [0.3, 0.4) is 0 Å². The fraction of sp³-hybridized carbons (Fsp3) is 0.250. The minimum atomic E-state index is -4.00. The summed E-state index contributed by atoms with van der Waals surface area (Å²) < 4.78 is 10.2. The summed E-state index contributed by atoms with van der Waals surface area (Å²) in [5, 5.41) is 2.03. The number of hydrogen-bond donors (Lipinski definition) is 4. The van der Waals surface area contributed by atoms with Crippen LogP contribution < -0.4 is 11.1 Å². The van der Waals surface area contributed by atoms with Gasteiger partial charge in [0, 0.05) is 6.20 Å². The zero-order chi connectivity index (χ0) is 8.91. The Morgan fingerprint density at radius 3 is 2.55 bits per heavy atom. The van der Waals surface area contributed by atoms with E-state index in [2.05, 4.69) is 5.73 Å². The molecule has 0 rings (SSSR count). The summed E-state index contributed by atoms with van der Waals surface area (Å²) in [7, 11) is -4.00. The molecule has 0 aliphatic heterocycles. The Morgan fingerprint density at radius 1 is 1.64 bits per heavy atom. The van der Waals surface area contributed by atoms with Crippen LogP contribution in [-0.4, -0.2) is 22.0 Å². The van der Waals surface area contributed by atoms with Gasteiger partial charge in [-0.05, 0) is 0 Å². The molecule has 0 bridgehead atoms. The molecule has 0 aliphatic carbocycles. The second-order valence-corrected chi connectivity index (χ2v) is 3.45. The highest BCUT2D eigenvalue weighted by atomic mass is 31.2. The molecule has 2 amide bonds. The van der Waals surface area contributed by atoms with Gasteiger partial charge in [0.15, 0.2) is 0 Å². The monoisotopic (exact) mass is 180 g/mol. The maximum absolute atomic E-state index is 10.2. The van der Waals surface area contributed by atoms with Gasteiger partial charge in [0.25, 0.3) is 0 Å². The second-order valence-electron chi connectivity index (χ2n) is 1.76. The van der Waals surface area contributed by atoms with Crippen molar-refractivity contribution in [2.75, 3.05) is 6.16 Å². The van der Waals surface area contributed by atoms with E-state index >= 15 is 0 Å². The third-order valence-corrected chi connectivity index (χ3v) is 1.37. The number of nitrogens with two attached hydrogens (primary N) is 1. The van der Waals surface area contributed by atoms with Crippen LogP contribution in [0, 0.1) is 0 Å². The summed E-state index contributed by atoms with van der Waals surface area (Å²) >= 11 is 0. The first-order chi connectivity index (χ1) is 4.92. The van der Waals surface area contributed by atoms with Gasteiger partial charge in [0.1, 0.15) is 0 Å². The molecule has 0 saturated carbocycles. The summed E-state index contributed by atoms with van der Waals surface area (Å²) in [5.41, 5.74) is 4.65. The molecule has 0 unspecified atom stereocenters. The zero-order valence-electron chi connectivity index (χ0n) is 5.60. The smallest absolute Gasteiger partial charge is 0.329 e. The lowest BCUT2D eigenvalue weighted by molar-refractivity contribution is 0.252. The Kier molecular flexibility index (Phi) is 3.81. The van der Waals surface area contributed by atoms with Crippen molar-refractivity contribution in [3.63, 3.8) is 0 Å². The van der Waals surface area contributed by atoms with Crippen molar-refractivity contribution in [3.05, 3.63) is 12.3 Å². The number of allylic oxidation sites excluding steroid dienone is 1. The summed E-state index contributed by atoms with van der Waals surface area (Å²) in [6.07, 6.45) is 1.81. The summed E-state index contributed by atoms with van der Waals surface area (Å²) in [6, 6.07) is -0.771. The molecule has 7 heteroatoms. The molecule has 0 atom stereocenters. The average Bonchev–Trinajstić information content (AvgIpc) is 1.78. The Labute approximate surface area is 63.2 Å². The Hall–Kier alpha value is -0.840.